The van der Waals surface area contributed by atoms with Gasteiger partial charge in [-0.15, -0.1) is 0 Å². The molecule has 7 nitrogen and oxygen atoms in total. The van der Waals surface area contributed by atoms with E-state index in [4.69, 9.17) is 14.6 Å². The lowest BCUT2D eigenvalue weighted by molar-refractivity contribution is 0.0698. The third-order valence-electron chi connectivity index (χ3n) is 3.42. The number of carboxylic acids is 1. The number of fused-ring (bicyclic) bond motifs is 1. The second-order valence-corrected chi connectivity index (χ2v) is 6.77. The Labute approximate surface area is 144 Å². The summed E-state index contributed by atoms with van der Waals surface area (Å²) in [7, 11) is -3.88. The molecule has 3 rings (SSSR count). The zero-order chi connectivity index (χ0) is 17.9. The summed E-state index contributed by atoms with van der Waals surface area (Å²) in [6.45, 7) is 0.912. The Morgan fingerprint density at radius 1 is 1.08 bits per heavy atom. The summed E-state index contributed by atoms with van der Waals surface area (Å²) in [4.78, 5) is 11.1. The van der Waals surface area contributed by atoms with Crippen molar-refractivity contribution in [2.24, 2.45) is 0 Å². The number of hydrogen-bond donors (Lipinski definition) is 2. The molecule has 0 unspecified atom stereocenters. The number of anilines is 1. The number of benzene rings is 2. The Morgan fingerprint density at radius 2 is 1.80 bits per heavy atom. The number of para-hydroxylation sites is 1. The monoisotopic (exact) mass is 361 g/mol. The summed E-state index contributed by atoms with van der Waals surface area (Å²) in [5, 5.41) is 10.1. The number of aromatic carboxylic acids is 1. The minimum atomic E-state index is -3.88. The molecule has 1 aliphatic heterocycles. The Kier molecular flexibility index (Phi) is 4.62. The number of ether oxygens (including phenoxy) is 2. The van der Waals surface area contributed by atoms with E-state index in [2.05, 4.69) is 4.72 Å². The van der Waals surface area contributed by atoms with E-state index in [1.165, 1.54) is 24.3 Å². The number of sulfonamides is 1. The fourth-order valence-electron chi connectivity index (χ4n) is 2.28. The van der Waals surface area contributed by atoms with E-state index in [1.54, 1.807) is 24.3 Å². The highest BCUT2D eigenvalue weighted by atomic mass is 32.2. The maximum absolute atomic E-state index is 12.2. The zero-order valence-electron chi connectivity index (χ0n) is 13.0. The third kappa shape index (κ3) is 4.10. The van der Waals surface area contributed by atoms with Crippen molar-refractivity contribution in [3.8, 4) is 11.5 Å². The molecule has 0 amide bonds. The molecule has 25 heavy (non-hydrogen) atoms. The summed E-state index contributed by atoms with van der Waals surface area (Å²) < 4.78 is 37.5. The van der Waals surface area contributed by atoms with Crippen LogP contribution in [0.2, 0.25) is 0 Å². The maximum Gasteiger partial charge on any atom is 0.337 e. The van der Waals surface area contributed by atoms with Gasteiger partial charge < -0.3 is 14.6 Å². The molecule has 0 saturated heterocycles. The molecule has 2 N–H and O–H groups in total. The van der Waals surface area contributed by atoms with Gasteiger partial charge >= 0.3 is 5.97 Å². The van der Waals surface area contributed by atoms with Crippen LogP contribution in [0.3, 0.4) is 0 Å². The molecule has 0 radical (unpaired) electrons. The van der Waals surface area contributed by atoms with Gasteiger partial charge in [-0.05, 0) is 35.9 Å². The maximum atomic E-state index is 12.2. The van der Waals surface area contributed by atoms with Crippen LogP contribution in [0.4, 0.5) is 5.69 Å². The lowest BCUT2D eigenvalue weighted by Crippen LogP contribution is -2.15. The zero-order valence-corrected chi connectivity index (χ0v) is 13.8. The van der Waals surface area contributed by atoms with Crippen LogP contribution in [0.25, 0.3) is 6.08 Å². The van der Waals surface area contributed by atoms with Crippen molar-refractivity contribution in [2.75, 3.05) is 17.9 Å². The molecule has 0 aliphatic carbocycles. The van der Waals surface area contributed by atoms with Gasteiger partial charge in [0.05, 0.1) is 16.7 Å². The normalized spacial score (nSPS) is 13.6. The van der Waals surface area contributed by atoms with E-state index in [0.717, 1.165) is 5.41 Å². The van der Waals surface area contributed by atoms with Crippen molar-refractivity contribution in [3.63, 3.8) is 0 Å². The standard InChI is InChI=1S/C17H15NO6S/c19-17(20)13-3-1-2-4-14(13)18-25(21,22)10-7-12-5-6-15-16(11-12)24-9-8-23-15/h1-7,10-11,18H,8-9H2,(H,19,20)/b10-7+. The minimum Gasteiger partial charge on any atom is -0.486 e. The van der Waals surface area contributed by atoms with Gasteiger partial charge in [0.15, 0.2) is 11.5 Å². The van der Waals surface area contributed by atoms with Gasteiger partial charge in [0.25, 0.3) is 10.0 Å². The second kappa shape index (κ2) is 6.86. The topological polar surface area (TPSA) is 102 Å². The van der Waals surface area contributed by atoms with E-state index < -0.39 is 16.0 Å². The molecule has 0 spiro atoms. The molecule has 0 saturated carbocycles. The Balaban J connectivity index is 1.80. The number of carbonyl (C=O) groups is 1. The van der Waals surface area contributed by atoms with Crippen LogP contribution < -0.4 is 14.2 Å². The Morgan fingerprint density at radius 3 is 2.56 bits per heavy atom. The average molecular weight is 361 g/mol. The molecule has 130 valence electrons. The first-order chi connectivity index (χ1) is 11.9. The first kappa shape index (κ1) is 16.8. The molecule has 2 aromatic carbocycles. The van der Waals surface area contributed by atoms with E-state index >= 15 is 0 Å². The molecular weight excluding hydrogens is 346 g/mol. The number of carboxylic acid groups (broad SMARTS) is 1. The highest BCUT2D eigenvalue weighted by molar-refractivity contribution is 7.95. The quantitative estimate of drug-likeness (QED) is 0.849. The van der Waals surface area contributed by atoms with Gasteiger partial charge in [-0.25, -0.2) is 13.2 Å². The summed E-state index contributed by atoms with van der Waals surface area (Å²) in [6, 6.07) is 10.9. The fourth-order valence-corrected chi connectivity index (χ4v) is 3.17. The van der Waals surface area contributed by atoms with Crippen LogP contribution in [-0.2, 0) is 10.0 Å². The van der Waals surface area contributed by atoms with Gasteiger partial charge in [-0.2, -0.15) is 0 Å². The van der Waals surface area contributed by atoms with Crippen LogP contribution in [-0.4, -0.2) is 32.7 Å². The number of nitrogens with one attached hydrogen (secondary N) is 1. The van der Waals surface area contributed by atoms with Crippen molar-refractivity contribution in [1.29, 1.82) is 0 Å². The van der Waals surface area contributed by atoms with E-state index in [-0.39, 0.29) is 11.3 Å². The van der Waals surface area contributed by atoms with Crippen LogP contribution in [0.1, 0.15) is 15.9 Å². The molecule has 1 aliphatic rings. The van der Waals surface area contributed by atoms with Gasteiger partial charge in [0.2, 0.25) is 0 Å². The van der Waals surface area contributed by atoms with Crippen LogP contribution >= 0.6 is 0 Å². The van der Waals surface area contributed by atoms with E-state index in [9.17, 15) is 13.2 Å². The Hall–Kier alpha value is -3.00. The van der Waals surface area contributed by atoms with Crippen LogP contribution in [0.15, 0.2) is 47.9 Å². The minimum absolute atomic E-state index is 0.00169. The summed E-state index contributed by atoms with van der Waals surface area (Å²) >= 11 is 0. The van der Waals surface area contributed by atoms with Gasteiger partial charge in [0.1, 0.15) is 13.2 Å². The molecular formula is C17H15NO6S. The molecule has 8 heteroatoms. The summed E-state index contributed by atoms with van der Waals surface area (Å²) in [6.07, 6.45) is 1.39. The fraction of sp³-hybridized carbons (Fsp3) is 0.118. The van der Waals surface area contributed by atoms with Crippen molar-refractivity contribution >= 4 is 27.8 Å². The smallest absolute Gasteiger partial charge is 0.337 e. The van der Waals surface area contributed by atoms with E-state index in [1.807, 2.05) is 0 Å². The first-order valence-corrected chi connectivity index (χ1v) is 8.92. The first-order valence-electron chi connectivity index (χ1n) is 7.37. The van der Waals surface area contributed by atoms with Crippen LogP contribution in [0.5, 0.6) is 11.5 Å². The Bertz CT molecular complexity index is 936. The van der Waals surface area contributed by atoms with Crippen LogP contribution in [0, 0.1) is 0 Å². The molecule has 0 atom stereocenters. The van der Waals surface area contributed by atoms with E-state index in [0.29, 0.717) is 30.3 Å². The van der Waals surface area contributed by atoms with Gasteiger partial charge in [-0.3, -0.25) is 4.72 Å². The lowest BCUT2D eigenvalue weighted by atomic mass is 10.2. The predicted octanol–water partition coefficient (Wildman–Crippen LogP) is 2.57. The molecule has 1 heterocycles. The van der Waals surface area contributed by atoms with Crippen molar-refractivity contribution in [1.82, 2.24) is 0 Å². The predicted molar refractivity (Wildman–Crippen MR) is 92.4 cm³/mol. The highest BCUT2D eigenvalue weighted by Gasteiger charge is 2.14. The molecule has 0 fully saturated rings. The van der Waals surface area contributed by atoms with Gasteiger partial charge in [-0.1, -0.05) is 18.2 Å². The largest absolute Gasteiger partial charge is 0.486 e. The van der Waals surface area contributed by atoms with Crippen molar-refractivity contribution in [2.45, 2.75) is 0 Å². The second-order valence-electron chi connectivity index (χ2n) is 5.20. The number of rotatable bonds is 5. The van der Waals surface area contributed by atoms with Crippen molar-refractivity contribution < 1.29 is 27.8 Å². The average Bonchev–Trinajstić information content (AvgIpc) is 2.60. The third-order valence-corrected chi connectivity index (χ3v) is 4.41. The van der Waals surface area contributed by atoms with Gasteiger partial charge in [0, 0.05) is 0 Å². The summed E-state index contributed by atoms with van der Waals surface area (Å²) in [5.41, 5.74) is 0.488. The molecule has 2 aromatic rings. The highest BCUT2D eigenvalue weighted by Crippen LogP contribution is 2.31. The lowest BCUT2D eigenvalue weighted by Gasteiger charge is -2.18. The molecule has 0 aromatic heterocycles. The molecule has 0 bridgehead atoms. The van der Waals surface area contributed by atoms with Crippen molar-refractivity contribution in [3.05, 3.63) is 59.0 Å². The number of hydrogen-bond acceptors (Lipinski definition) is 5. The SMILES string of the molecule is O=C(O)c1ccccc1NS(=O)(=O)/C=C/c1ccc2c(c1)OCCO2. The summed E-state index contributed by atoms with van der Waals surface area (Å²) in [5.74, 6) is -0.0520.